The normalized spacial score (nSPS) is 12.2. The highest BCUT2D eigenvalue weighted by Crippen LogP contribution is 2.19. The highest BCUT2D eigenvalue weighted by molar-refractivity contribution is 5.97. The molecule has 1 amide bonds. The topological polar surface area (TPSA) is 101 Å². The molecule has 1 atom stereocenters. The largest absolute Gasteiger partial charge is 0.345 e. The lowest BCUT2D eigenvalue weighted by molar-refractivity contribution is 0.0933. The first-order valence-electron chi connectivity index (χ1n) is 8.28. The quantitative estimate of drug-likeness (QED) is 0.556. The van der Waals surface area contributed by atoms with Gasteiger partial charge in [0.25, 0.3) is 5.91 Å². The van der Waals surface area contributed by atoms with Crippen LogP contribution in [-0.4, -0.2) is 36.1 Å². The van der Waals surface area contributed by atoms with E-state index in [2.05, 4.69) is 30.8 Å². The Bertz CT molecular complexity index is 995. The highest BCUT2D eigenvalue weighted by atomic mass is 16.1. The molecule has 26 heavy (non-hydrogen) atoms. The van der Waals surface area contributed by atoms with Crippen molar-refractivity contribution in [1.82, 2.24) is 35.5 Å². The lowest BCUT2D eigenvalue weighted by Crippen LogP contribution is -2.29. The molecule has 0 saturated heterocycles. The Balaban J connectivity index is 1.53. The first kappa shape index (κ1) is 15.9. The van der Waals surface area contributed by atoms with Gasteiger partial charge in [0.2, 0.25) is 0 Å². The fraction of sp³-hybridized carbons (Fsp3) is 0.167. The molecule has 2 aromatic carbocycles. The van der Waals surface area contributed by atoms with Crippen LogP contribution in [-0.2, 0) is 6.54 Å². The molecule has 0 saturated carbocycles. The summed E-state index contributed by atoms with van der Waals surface area (Å²) in [5, 5.41) is 17.8. The van der Waals surface area contributed by atoms with Gasteiger partial charge in [0.05, 0.1) is 6.04 Å². The van der Waals surface area contributed by atoms with Crippen molar-refractivity contribution in [3.63, 3.8) is 0 Å². The van der Waals surface area contributed by atoms with Crippen LogP contribution in [0.3, 0.4) is 0 Å². The molecule has 4 aromatic rings. The Morgan fingerprint density at radius 1 is 1.12 bits per heavy atom. The molecule has 0 spiro atoms. The molecule has 2 heterocycles. The van der Waals surface area contributed by atoms with E-state index in [0.29, 0.717) is 24.0 Å². The minimum atomic E-state index is -0.151. The third-order valence-corrected chi connectivity index (χ3v) is 4.20. The van der Waals surface area contributed by atoms with Gasteiger partial charge in [-0.1, -0.05) is 30.3 Å². The van der Waals surface area contributed by atoms with Gasteiger partial charge in [-0.3, -0.25) is 9.48 Å². The van der Waals surface area contributed by atoms with Gasteiger partial charge in [0, 0.05) is 12.1 Å². The third kappa shape index (κ3) is 3.44. The van der Waals surface area contributed by atoms with Crippen LogP contribution < -0.4 is 5.32 Å². The standard InChI is InChI=1S/C18H17N7O/c26-18(14-6-7-16-17(10-14)23-24-22-16)21-15(13-4-2-1-3-5-13)8-9-25-12-19-11-20-25/h1-7,10-12,15H,8-9H2,(H,21,26)(H,22,23,24). The maximum atomic E-state index is 12.8. The number of aryl methyl sites for hydroxylation is 1. The maximum absolute atomic E-state index is 12.8. The van der Waals surface area contributed by atoms with E-state index in [0.717, 1.165) is 11.1 Å². The fourth-order valence-electron chi connectivity index (χ4n) is 2.84. The summed E-state index contributed by atoms with van der Waals surface area (Å²) in [5.41, 5.74) is 2.99. The number of H-pyrrole nitrogens is 1. The molecule has 0 bridgehead atoms. The summed E-state index contributed by atoms with van der Waals surface area (Å²) in [6.07, 6.45) is 3.87. The molecule has 4 rings (SSSR count). The van der Waals surface area contributed by atoms with E-state index in [9.17, 15) is 4.79 Å². The smallest absolute Gasteiger partial charge is 0.251 e. The second-order valence-electron chi connectivity index (χ2n) is 5.91. The van der Waals surface area contributed by atoms with Gasteiger partial charge in [-0.25, -0.2) is 4.98 Å². The number of aromatic amines is 1. The van der Waals surface area contributed by atoms with Crippen LogP contribution in [0.1, 0.15) is 28.4 Å². The number of carbonyl (C=O) groups is 1. The summed E-state index contributed by atoms with van der Waals surface area (Å²) in [6, 6.07) is 15.0. The fourth-order valence-corrected chi connectivity index (χ4v) is 2.84. The third-order valence-electron chi connectivity index (χ3n) is 4.20. The summed E-state index contributed by atoms with van der Waals surface area (Å²) >= 11 is 0. The molecule has 8 nitrogen and oxygen atoms in total. The molecule has 130 valence electrons. The second-order valence-corrected chi connectivity index (χ2v) is 5.91. The van der Waals surface area contributed by atoms with Gasteiger partial charge in [-0.15, -0.1) is 0 Å². The van der Waals surface area contributed by atoms with Gasteiger partial charge < -0.3 is 5.32 Å². The van der Waals surface area contributed by atoms with Crippen molar-refractivity contribution in [2.45, 2.75) is 19.0 Å². The molecular weight excluding hydrogens is 330 g/mol. The number of nitrogens with zero attached hydrogens (tertiary/aromatic N) is 5. The Labute approximate surface area is 149 Å². The van der Waals surface area contributed by atoms with Crippen molar-refractivity contribution in [1.29, 1.82) is 0 Å². The van der Waals surface area contributed by atoms with Gasteiger partial charge in [0.1, 0.15) is 23.7 Å². The van der Waals surface area contributed by atoms with E-state index < -0.39 is 0 Å². The molecule has 0 aliphatic rings. The zero-order chi connectivity index (χ0) is 17.8. The number of amides is 1. The zero-order valence-electron chi connectivity index (χ0n) is 13.9. The number of fused-ring (bicyclic) bond motifs is 1. The van der Waals surface area contributed by atoms with Crippen LogP contribution >= 0.6 is 0 Å². The number of aromatic nitrogens is 6. The van der Waals surface area contributed by atoms with Crippen molar-refractivity contribution < 1.29 is 4.79 Å². The summed E-state index contributed by atoms with van der Waals surface area (Å²) in [5.74, 6) is -0.151. The summed E-state index contributed by atoms with van der Waals surface area (Å²) < 4.78 is 1.75. The van der Waals surface area contributed by atoms with Crippen molar-refractivity contribution in [2.75, 3.05) is 0 Å². The molecule has 0 radical (unpaired) electrons. The average molecular weight is 347 g/mol. The molecule has 2 aromatic heterocycles. The van der Waals surface area contributed by atoms with E-state index in [-0.39, 0.29) is 11.9 Å². The van der Waals surface area contributed by atoms with Gasteiger partial charge in [-0.2, -0.15) is 20.5 Å². The summed E-state index contributed by atoms with van der Waals surface area (Å²) in [6.45, 7) is 0.655. The number of rotatable bonds is 6. The number of nitrogens with one attached hydrogen (secondary N) is 2. The van der Waals surface area contributed by atoms with Crippen molar-refractivity contribution in [3.8, 4) is 0 Å². The van der Waals surface area contributed by atoms with Crippen molar-refractivity contribution in [2.24, 2.45) is 0 Å². The average Bonchev–Trinajstić information content (AvgIpc) is 3.36. The predicted octanol–water partition coefficient (Wildman–Crippen LogP) is 2.11. The minimum Gasteiger partial charge on any atom is -0.345 e. The number of hydrogen-bond donors (Lipinski definition) is 2. The van der Waals surface area contributed by atoms with Crippen LogP contribution in [0.5, 0.6) is 0 Å². The number of carbonyl (C=O) groups excluding carboxylic acids is 1. The van der Waals surface area contributed by atoms with Crippen molar-refractivity contribution >= 4 is 16.9 Å². The molecule has 8 heteroatoms. The van der Waals surface area contributed by atoms with E-state index in [1.165, 1.54) is 6.33 Å². The van der Waals surface area contributed by atoms with Crippen molar-refractivity contribution in [3.05, 3.63) is 72.3 Å². The second kappa shape index (κ2) is 7.14. The van der Waals surface area contributed by atoms with Gasteiger partial charge in [0.15, 0.2) is 0 Å². The molecule has 0 aliphatic carbocycles. The van der Waals surface area contributed by atoms with Gasteiger partial charge in [-0.05, 0) is 30.2 Å². The summed E-state index contributed by atoms with van der Waals surface area (Å²) in [7, 11) is 0. The Morgan fingerprint density at radius 2 is 1.96 bits per heavy atom. The SMILES string of the molecule is O=C(NC(CCn1cncn1)c1ccccc1)c1ccc2n[nH]nc2c1. The lowest BCUT2D eigenvalue weighted by Gasteiger charge is -2.19. The van der Waals surface area contributed by atoms with Gasteiger partial charge >= 0.3 is 0 Å². The van der Waals surface area contributed by atoms with E-state index in [1.807, 2.05) is 30.3 Å². The minimum absolute atomic E-state index is 0.138. The van der Waals surface area contributed by atoms with Crippen LogP contribution in [0.15, 0.2) is 61.2 Å². The molecule has 0 aliphatic heterocycles. The first-order chi connectivity index (χ1) is 12.8. The molecule has 1 unspecified atom stereocenters. The monoisotopic (exact) mass is 347 g/mol. The van der Waals surface area contributed by atoms with E-state index in [1.54, 1.807) is 29.2 Å². The Kier molecular flexibility index (Phi) is 4.38. The molecular formula is C18H17N7O. The first-order valence-corrected chi connectivity index (χ1v) is 8.28. The summed E-state index contributed by atoms with van der Waals surface area (Å²) in [4.78, 5) is 16.7. The van der Waals surface area contributed by atoms with E-state index in [4.69, 9.17) is 0 Å². The number of hydrogen-bond acceptors (Lipinski definition) is 5. The van der Waals surface area contributed by atoms with Crippen LogP contribution in [0.2, 0.25) is 0 Å². The highest BCUT2D eigenvalue weighted by Gasteiger charge is 2.16. The predicted molar refractivity (Wildman–Crippen MR) is 95.2 cm³/mol. The maximum Gasteiger partial charge on any atom is 0.251 e. The van der Waals surface area contributed by atoms with Crippen LogP contribution in [0, 0.1) is 0 Å². The Hall–Kier alpha value is -3.55. The van der Waals surface area contributed by atoms with E-state index >= 15 is 0 Å². The molecule has 0 fully saturated rings. The Morgan fingerprint density at radius 3 is 2.77 bits per heavy atom. The van der Waals surface area contributed by atoms with Crippen LogP contribution in [0.4, 0.5) is 0 Å². The lowest BCUT2D eigenvalue weighted by atomic mass is 10.0. The number of benzene rings is 2. The zero-order valence-corrected chi connectivity index (χ0v) is 13.9. The van der Waals surface area contributed by atoms with Crippen LogP contribution in [0.25, 0.3) is 11.0 Å². The molecule has 2 N–H and O–H groups in total.